The minimum atomic E-state index is -3.49. The Morgan fingerprint density at radius 2 is 1.89 bits per heavy atom. The maximum absolute atomic E-state index is 10.7. The molecule has 18 heavy (non-hydrogen) atoms. The van der Waals surface area contributed by atoms with E-state index in [4.69, 9.17) is 10.9 Å². The number of hydrogen-bond acceptors (Lipinski definition) is 3. The number of nitrogens with zero attached hydrogens (tertiary/aromatic N) is 1. The van der Waals surface area contributed by atoms with E-state index in [1.54, 1.807) is 0 Å². The van der Waals surface area contributed by atoms with Crippen LogP contribution in [0.15, 0.2) is 29.3 Å². The van der Waals surface area contributed by atoms with E-state index >= 15 is 0 Å². The van der Waals surface area contributed by atoms with Crippen LogP contribution in [0.1, 0.15) is 5.56 Å². The van der Waals surface area contributed by atoms with E-state index in [1.165, 1.54) is 0 Å². The van der Waals surface area contributed by atoms with Gasteiger partial charge in [0.15, 0.2) is 5.96 Å². The van der Waals surface area contributed by atoms with Crippen molar-refractivity contribution >= 4 is 45.6 Å². The quantitative estimate of drug-likeness (QED) is 0.402. The van der Waals surface area contributed by atoms with Crippen molar-refractivity contribution in [3.05, 3.63) is 29.8 Å². The average molecular weight is 384 g/mol. The number of primary sulfonamides is 1. The Morgan fingerprint density at radius 3 is 2.39 bits per heavy atom. The molecule has 0 bridgehead atoms. The molecular formula is C10H17IN4O2S. The summed E-state index contributed by atoms with van der Waals surface area (Å²) in [5.74, 6) is -0.0546. The van der Waals surface area contributed by atoms with Gasteiger partial charge in [0.1, 0.15) is 0 Å². The molecule has 0 amide bonds. The molecule has 0 aliphatic rings. The van der Waals surface area contributed by atoms with Crippen LogP contribution in [-0.2, 0) is 10.0 Å². The average Bonchev–Trinajstić information content (AvgIpc) is 2.19. The molecule has 1 rings (SSSR count). The third-order valence-electron chi connectivity index (χ3n) is 1.98. The largest absolute Gasteiger partial charge is 0.370 e. The Hall–Kier alpha value is -0.870. The lowest BCUT2D eigenvalue weighted by molar-refractivity contribution is 0.597. The third kappa shape index (κ3) is 7.45. The van der Waals surface area contributed by atoms with Crippen LogP contribution < -0.4 is 16.2 Å². The van der Waals surface area contributed by atoms with E-state index < -0.39 is 10.0 Å². The number of guanidine groups is 1. The molecule has 0 aliphatic carbocycles. The smallest absolute Gasteiger partial charge is 0.210 e. The molecule has 8 heteroatoms. The van der Waals surface area contributed by atoms with Crippen molar-refractivity contribution in [1.29, 1.82) is 0 Å². The highest BCUT2D eigenvalue weighted by atomic mass is 127. The summed E-state index contributed by atoms with van der Waals surface area (Å²) in [5.41, 5.74) is 7.51. The fraction of sp³-hybridized carbons (Fsp3) is 0.300. The van der Waals surface area contributed by atoms with Crippen LogP contribution in [0, 0.1) is 6.92 Å². The van der Waals surface area contributed by atoms with Crippen molar-refractivity contribution in [1.82, 2.24) is 0 Å². The first-order chi connectivity index (χ1) is 7.87. The van der Waals surface area contributed by atoms with Crippen molar-refractivity contribution in [2.45, 2.75) is 6.92 Å². The van der Waals surface area contributed by atoms with Crippen LogP contribution in [0.5, 0.6) is 0 Å². The number of sulfonamides is 1. The number of benzene rings is 1. The first kappa shape index (κ1) is 17.1. The zero-order valence-corrected chi connectivity index (χ0v) is 13.1. The molecule has 0 atom stereocenters. The molecule has 0 aromatic heterocycles. The fourth-order valence-corrected chi connectivity index (χ4v) is 1.46. The fourth-order valence-electron chi connectivity index (χ4n) is 1.12. The Labute approximate surface area is 124 Å². The van der Waals surface area contributed by atoms with E-state index in [0.29, 0.717) is 0 Å². The molecule has 0 heterocycles. The molecular weight excluding hydrogens is 367 g/mol. The topological polar surface area (TPSA) is 111 Å². The van der Waals surface area contributed by atoms with Crippen molar-refractivity contribution in [2.24, 2.45) is 15.9 Å². The first-order valence-corrected chi connectivity index (χ1v) is 6.72. The summed E-state index contributed by atoms with van der Waals surface area (Å²) >= 11 is 0. The van der Waals surface area contributed by atoms with Gasteiger partial charge < -0.3 is 11.1 Å². The standard InChI is InChI=1S/C10H16N4O2S.HI/c1-8-2-4-9(5-3-8)14-10(11)13-6-7-17(12,15)16;/h2-5H,6-7H2,1H3,(H3,11,13,14)(H2,12,15,16);1H. The van der Waals surface area contributed by atoms with Crippen molar-refractivity contribution in [2.75, 3.05) is 17.6 Å². The van der Waals surface area contributed by atoms with Gasteiger partial charge in [-0.25, -0.2) is 13.6 Å². The molecule has 102 valence electrons. The summed E-state index contributed by atoms with van der Waals surface area (Å²) in [5, 5.41) is 7.68. The zero-order valence-electron chi connectivity index (χ0n) is 9.96. The first-order valence-electron chi connectivity index (χ1n) is 5.01. The molecule has 1 aromatic carbocycles. The van der Waals surface area contributed by atoms with Gasteiger partial charge in [0, 0.05) is 5.69 Å². The summed E-state index contributed by atoms with van der Waals surface area (Å²) in [7, 11) is -3.49. The molecule has 0 unspecified atom stereocenters. The number of aliphatic imine (C=N–C) groups is 1. The van der Waals surface area contributed by atoms with Gasteiger partial charge in [0.05, 0.1) is 12.3 Å². The Morgan fingerprint density at radius 1 is 1.33 bits per heavy atom. The number of halogens is 1. The predicted octanol–water partition coefficient (Wildman–Crippen LogP) is 0.628. The highest BCUT2D eigenvalue weighted by Crippen LogP contribution is 2.07. The molecule has 5 N–H and O–H groups in total. The third-order valence-corrected chi connectivity index (χ3v) is 2.73. The SMILES string of the molecule is Cc1ccc(NC(N)=NCCS(N)(=O)=O)cc1.I. The molecule has 0 spiro atoms. The Bertz CT molecular complexity index is 499. The lowest BCUT2D eigenvalue weighted by Crippen LogP contribution is -2.25. The summed E-state index contributed by atoms with van der Waals surface area (Å²) in [6.45, 7) is 2.02. The normalized spacial score (nSPS) is 11.8. The molecule has 0 aliphatic heterocycles. The van der Waals surface area contributed by atoms with Crippen LogP contribution in [0.2, 0.25) is 0 Å². The van der Waals surface area contributed by atoms with Crippen LogP contribution in [-0.4, -0.2) is 26.7 Å². The van der Waals surface area contributed by atoms with Crippen LogP contribution in [0.3, 0.4) is 0 Å². The van der Waals surface area contributed by atoms with Gasteiger partial charge in [-0.05, 0) is 19.1 Å². The Balaban J connectivity index is 0.00000289. The number of hydrogen-bond donors (Lipinski definition) is 3. The van der Waals surface area contributed by atoms with Gasteiger partial charge in [0.25, 0.3) is 0 Å². The van der Waals surface area contributed by atoms with Crippen LogP contribution in [0.25, 0.3) is 0 Å². The highest BCUT2D eigenvalue weighted by molar-refractivity contribution is 14.0. The van der Waals surface area contributed by atoms with Gasteiger partial charge in [-0.3, -0.25) is 4.99 Å². The second-order valence-corrected chi connectivity index (χ2v) is 5.36. The van der Waals surface area contributed by atoms with Crippen LogP contribution >= 0.6 is 24.0 Å². The van der Waals surface area contributed by atoms with Crippen molar-refractivity contribution in [3.8, 4) is 0 Å². The maximum atomic E-state index is 10.7. The number of rotatable bonds is 4. The van der Waals surface area contributed by atoms with Gasteiger partial charge in [-0.2, -0.15) is 0 Å². The van der Waals surface area contributed by atoms with Crippen molar-refractivity contribution in [3.63, 3.8) is 0 Å². The second kappa shape index (κ2) is 7.54. The minimum absolute atomic E-state index is 0. The van der Waals surface area contributed by atoms with E-state index in [-0.39, 0.29) is 42.2 Å². The van der Waals surface area contributed by atoms with E-state index in [0.717, 1.165) is 11.3 Å². The molecule has 0 fully saturated rings. The monoisotopic (exact) mass is 384 g/mol. The summed E-state index contributed by atoms with van der Waals surface area (Å²) in [6.07, 6.45) is 0. The number of nitrogens with two attached hydrogens (primary N) is 2. The van der Waals surface area contributed by atoms with Gasteiger partial charge in [0.2, 0.25) is 10.0 Å². The maximum Gasteiger partial charge on any atom is 0.210 e. The molecule has 6 nitrogen and oxygen atoms in total. The molecule has 0 saturated carbocycles. The van der Waals surface area contributed by atoms with E-state index in [2.05, 4.69) is 10.3 Å². The minimum Gasteiger partial charge on any atom is -0.370 e. The van der Waals surface area contributed by atoms with E-state index in [9.17, 15) is 8.42 Å². The lowest BCUT2D eigenvalue weighted by Gasteiger charge is -2.05. The Kier molecular flexibility index (Phi) is 7.18. The molecule has 0 saturated heterocycles. The zero-order chi connectivity index (χ0) is 12.9. The van der Waals surface area contributed by atoms with Gasteiger partial charge >= 0.3 is 0 Å². The van der Waals surface area contributed by atoms with Gasteiger partial charge in [-0.15, -0.1) is 24.0 Å². The lowest BCUT2D eigenvalue weighted by atomic mass is 10.2. The molecule has 1 aromatic rings. The predicted molar refractivity (Wildman–Crippen MR) is 84.7 cm³/mol. The van der Waals surface area contributed by atoms with Crippen LogP contribution in [0.4, 0.5) is 5.69 Å². The number of aryl methyl sites for hydroxylation is 1. The summed E-state index contributed by atoms with van der Waals surface area (Å²) < 4.78 is 21.3. The van der Waals surface area contributed by atoms with E-state index in [1.807, 2.05) is 31.2 Å². The molecule has 0 radical (unpaired) electrons. The van der Waals surface area contributed by atoms with Gasteiger partial charge in [-0.1, -0.05) is 17.7 Å². The second-order valence-electron chi connectivity index (χ2n) is 3.62. The summed E-state index contributed by atoms with van der Waals surface area (Å²) in [4.78, 5) is 3.85. The number of anilines is 1. The number of nitrogens with one attached hydrogen (secondary N) is 1. The summed E-state index contributed by atoms with van der Waals surface area (Å²) in [6, 6.07) is 7.58. The van der Waals surface area contributed by atoms with Crippen molar-refractivity contribution < 1.29 is 8.42 Å². The highest BCUT2D eigenvalue weighted by Gasteiger charge is 2.01.